The molecule has 0 aliphatic carbocycles. The molecule has 0 radical (unpaired) electrons. The number of carbonyl (C=O) groups is 1. The minimum atomic E-state index is -3.92. The molecule has 7 nitrogen and oxygen atoms in total. The average Bonchev–Trinajstić information content (AvgIpc) is 3.32. The predicted molar refractivity (Wildman–Crippen MR) is 133 cm³/mol. The first-order valence-corrected chi connectivity index (χ1v) is 12.7. The second-order valence-corrected chi connectivity index (χ2v) is 10.3. The van der Waals surface area contributed by atoms with E-state index in [0.717, 1.165) is 10.4 Å². The number of thiophene rings is 1. The van der Waals surface area contributed by atoms with Gasteiger partial charge >= 0.3 is 0 Å². The number of carbonyl (C=O) groups excluding carboxylic acids is 1. The van der Waals surface area contributed by atoms with Gasteiger partial charge in [0.25, 0.3) is 15.9 Å². The Labute approximate surface area is 202 Å². The Morgan fingerprint density at radius 3 is 2.67 bits per heavy atom. The van der Waals surface area contributed by atoms with Crippen molar-refractivity contribution in [1.82, 2.24) is 10.2 Å². The highest BCUT2D eigenvalue weighted by atomic mass is 35.5. The number of benzene rings is 2. The smallest absolute Gasteiger partial charge is 0.284 e. The lowest BCUT2D eigenvalue weighted by atomic mass is 10.1. The molecule has 1 N–H and O–H groups in total. The summed E-state index contributed by atoms with van der Waals surface area (Å²) in [5.41, 5.74) is 1.68. The number of nitrogens with one attached hydrogen (secondary N) is 1. The molecule has 1 aromatic heterocycles. The summed E-state index contributed by atoms with van der Waals surface area (Å²) in [6.45, 7) is 0.299. The molecule has 1 heterocycles. The molecule has 1 amide bonds. The molecule has 0 saturated carbocycles. The van der Waals surface area contributed by atoms with E-state index in [1.165, 1.54) is 24.8 Å². The number of sulfonamides is 1. The number of amides is 1. The third-order valence-electron chi connectivity index (χ3n) is 4.63. The lowest BCUT2D eigenvalue weighted by Gasteiger charge is -2.12. The number of methoxy groups -OCH3 is 1. The highest BCUT2D eigenvalue weighted by Crippen LogP contribution is 2.32. The molecule has 0 aliphatic rings. The van der Waals surface area contributed by atoms with Gasteiger partial charge in [0.2, 0.25) is 0 Å². The summed E-state index contributed by atoms with van der Waals surface area (Å²) in [5, 5.41) is 5.15. The number of rotatable bonds is 9. The Morgan fingerprint density at radius 1 is 1.21 bits per heavy atom. The van der Waals surface area contributed by atoms with E-state index in [0.29, 0.717) is 34.9 Å². The molecule has 0 bridgehead atoms. The fourth-order valence-corrected chi connectivity index (χ4v) is 5.24. The Bertz CT molecular complexity index is 1260. The van der Waals surface area contributed by atoms with E-state index in [4.69, 9.17) is 16.3 Å². The number of hydrogen-bond acceptors (Lipinski definition) is 5. The lowest BCUT2D eigenvalue weighted by molar-refractivity contribution is 0.0951. The Balaban J connectivity index is 1.82. The molecule has 0 aliphatic heterocycles. The van der Waals surface area contributed by atoms with Gasteiger partial charge in [-0.2, -0.15) is 8.42 Å². The number of halogens is 1. The van der Waals surface area contributed by atoms with E-state index in [1.54, 1.807) is 49.3 Å². The molecular weight excluding hydrogens is 482 g/mol. The van der Waals surface area contributed by atoms with Crippen LogP contribution in [0.1, 0.15) is 15.9 Å². The van der Waals surface area contributed by atoms with Crippen molar-refractivity contribution in [3.8, 4) is 16.2 Å². The van der Waals surface area contributed by atoms with Crippen LogP contribution in [0.15, 0.2) is 63.2 Å². The second kappa shape index (κ2) is 10.8. The SMILES string of the molecule is COc1ccc(Cl)cc1C(=O)NCCc1ccc(-c2cccs2)c(S(=O)(=O)N=CN(C)C)c1. The van der Waals surface area contributed by atoms with Gasteiger partial charge in [-0.15, -0.1) is 15.7 Å². The van der Waals surface area contributed by atoms with Crippen molar-refractivity contribution >= 4 is 45.2 Å². The number of nitrogens with zero attached hydrogens (tertiary/aromatic N) is 2. The molecule has 2 aromatic carbocycles. The quantitative estimate of drug-likeness (QED) is 0.345. The van der Waals surface area contributed by atoms with Gasteiger partial charge in [-0.1, -0.05) is 29.8 Å². The summed E-state index contributed by atoms with van der Waals surface area (Å²) in [6.07, 6.45) is 1.69. The Hall–Kier alpha value is -2.88. The van der Waals surface area contributed by atoms with Crippen molar-refractivity contribution in [2.45, 2.75) is 11.3 Å². The largest absolute Gasteiger partial charge is 0.496 e. The van der Waals surface area contributed by atoms with Gasteiger partial charge in [-0.25, -0.2) is 0 Å². The Kier molecular flexibility index (Phi) is 8.12. The monoisotopic (exact) mass is 505 g/mol. The maximum Gasteiger partial charge on any atom is 0.284 e. The van der Waals surface area contributed by atoms with Crippen LogP contribution in [0.5, 0.6) is 5.75 Å². The van der Waals surface area contributed by atoms with Crippen molar-refractivity contribution in [1.29, 1.82) is 0 Å². The first-order chi connectivity index (χ1) is 15.7. The highest BCUT2D eigenvalue weighted by Gasteiger charge is 2.20. The summed E-state index contributed by atoms with van der Waals surface area (Å²) in [7, 11) is 0.969. The summed E-state index contributed by atoms with van der Waals surface area (Å²) < 4.78 is 34.9. The second-order valence-electron chi connectivity index (χ2n) is 7.32. The number of ether oxygens (including phenoxy) is 1. The van der Waals surface area contributed by atoms with E-state index < -0.39 is 10.0 Å². The zero-order valence-corrected chi connectivity index (χ0v) is 20.8. The van der Waals surface area contributed by atoms with Crippen LogP contribution in [-0.2, 0) is 16.4 Å². The first kappa shape index (κ1) is 24.8. The normalized spacial score (nSPS) is 11.5. The van der Waals surface area contributed by atoms with Gasteiger partial charge in [-0.05, 0) is 47.7 Å². The van der Waals surface area contributed by atoms with E-state index in [2.05, 4.69) is 9.71 Å². The maximum atomic E-state index is 13.0. The minimum Gasteiger partial charge on any atom is -0.496 e. The van der Waals surface area contributed by atoms with Crippen LogP contribution in [0.4, 0.5) is 0 Å². The van der Waals surface area contributed by atoms with Gasteiger partial charge in [0.05, 0.1) is 17.6 Å². The summed E-state index contributed by atoms with van der Waals surface area (Å²) in [6, 6.07) is 13.8. The molecule has 0 saturated heterocycles. The molecule has 0 spiro atoms. The van der Waals surface area contributed by atoms with E-state index in [9.17, 15) is 13.2 Å². The van der Waals surface area contributed by atoms with Crippen LogP contribution >= 0.6 is 22.9 Å². The molecule has 0 atom stereocenters. The predicted octanol–water partition coefficient (Wildman–Crippen LogP) is 4.33. The molecule has 0 unspecified atom stereocenters. The zero-order valence-electron chi connectivity index (χ0n) is 18.4. The Morgan fingerprint density at radius 2 is 2.00 bits per heavy atom. The fraction of sp³-hybridized carbons (Fsp3) is 0.217. The molecule has 0 fully saturated rings. The van der Waals surface area contributed by atoms with Crippen molar-refractivity contribution in [3.05, 3.63) is 70.1 Å². The highest BCUT2D eigenvalue weighted by molar-refractivity contribution is 7.90. The summed E-state index contributed by atoms with van der Waals surface area (Å²) in [4.78, 5) is 15.1. The van der Waals surface area contributed by atoms with Crippen LogP contribution in [0, 0.1) is 0 Å². The lowest BCUT2D eigenvalue weighted by Crippen LogP contribution is -2.26. The average molecular weight is 506 g/mol. The van der Waals surface area contributed by atoms with Crippen LogP contribution in [-0.4, -0.2) is 53.3 Å². The first-order valence-electron chi connectivity index (χ1n) is 9.96. The molecule has 33 heavy (non-hydrogen) atoms. The van der Waals surface area contributed by atoms with E-state index >= 15 is 0 Å². The number of hydrogen-bond donors (Lipinski definition) is 1. The van der Waals surface area contributed by atoms with Crippen molar-refractivity contribution in [2.24, 2.45) is 4.40 Å². The van der Waals surface area contributed by atoms with E-state index in [1.807, 2.05) is 23.6 Å². The molecule has 3 rings (SSSR count). The fourth-order valence-electron chi connectivity index (χ4n) is 3.06. The minimum absolute atomic E-state index is 0.128. The van der Waals surface area contributed by atoms with Crippen LogP contribution < -0.4 is 10.1 Å². The summed E-state index contributed by atoms with van der Waals surface area (Å²) >= 11 is 7.46. The van der Waals surface area contributed by atoms with Crippen molar-refractivity contribution in [2.75, 3.05) is 27.7 Å². The van der Waals surface area contributed by atoms with Crippen LogP contribution in [0.2, 0.25) is 5.02 Å². The van der Waals surface area contributed by atoms with Gasteiger partial charge in [0, 0.05) is 36.1 Å². The van der Waals surface area contributed by atoms with Gasteiger partial charge in [0.15, 0.2) is 0 Å². The van der Waals surface area contributed by atoms with Crippen molar-refractivity contribution < 1.29 is 17.9 Å². The van der Waals surface area contributed by atoms with Crippen molar-refractivity contribution in [3.63, 3.8) is 0 Å². The zero-order chi connectivity index (χ0) is 24.0. The molecule has 174 valence electrons. The van der Waals surface area contributed by atoms with Gasteiger partial charge < -0.3 is 15.0 Å². The third kappa shape index (κ3) is 6.34. The third-order valence-corrected chi connectivity index (χ3v) is 7.04. The summed E-state index contributed by atoms with van der Waals surface area (Å²) in [5.74, 6) is 0.0947. The topological polar surface area (TPSA) is 88.1 Å². The van der Waals surface area contributed by atoms with Crippen LogP contribution in [0.25, 0.3) is 10.4 Å². The maximum absolute atomic E-state index is 13.0. The standard InChI is InChI=1S/C23H24ClN3O4S2/c1-27(2)15-26-33(29,30)22-13-16(6-8-18(22)21-5-4-12-32-21)10-11-25-23(28)19-14-17(24)7-9-20(19)31-3/h4-9,12-15H,10-11H2,1-3H3,(H,25,28). The molecule has 3 aromatic rings. The van der Waals surface area contributed by atoms with E-state index in [-0.39, 0.29) is 10.8 Å². The van der Waals surface area contributed by atoms with Gasteiger partial charge in [0.1, 0.15) is 12.1 Å². The molecular formula is C23H24ClN3O4S2. The van der Waals surface area contributed by atoms with Crippen LogP contribution in [0.3, 0.4) is 0 Å². The molecule has 10 heteroatoms. The van der Waals surface area contributed by atoms with Gasteiger partial charge in [-0.3, -0.25) is 4.79 Å².